The second kappa shape index (κ2) is 4.47. The molecule has 2 N–H and O–H groups in total. The third kappa shape index (κ3) is 2.17. The van der Waals surface area contributed by atoms with Crippen LogP contribution in [0.1, 0.15) is 42.3 Å². The zero-order valence-corrected chi connectivity index (χ0v) is 10.9. The van der Waals surface area contributed by atoms with E-state index in [-0.39, 0.29) is 5.78 Å². The number of ketones is 1. The van der Waals surface area contributed by atoms with Crippen molar-refractivity contribution < 1.29 is 4.79 Å². The van der Waals surface area contributed by atoms with Gasteiger partial charge in [-0.05, 0) is 30.2 Å². The van der Waals surface area contributed by atoms with Crippen LogP contribution >= 0.6 is 22.9 Å². The summed E-state index contributed by atoms with van der Waals surface area (Å²) in [6.45, 7) is 2.16. The van der Waals surface area contributed by atoms with Gasteiger partial charge in [-0.25, -0.2) is 0 Å². The highest BCUT2D eigenvalue weighted by atomic mass is 35.5. The zero-order valence-electron chi connectivity index (χ0n) is 9.33. The lowest BCUT2D eigenvalue weighted by molar-refractivity contribution is 0.0824. The van der Waals surface area contributed by atoms with Crippen LogP contribution in [-0.2, 0) is 0 Å². The van der Waals surface area contributed by atoms with Crippen LogP contribution in [0.4, 0.5) is 0 Å². The highest BCUT2D eigenvalue weighted by Gasteiger charge is 2.39. The molecule has 2 rings (SSSR count). The fourth-order valence-electron chi connectivity index (χ4n) is 2.48. The number of hydrogen-bond acceptors (Lipinski definition) is 3. The molecule has 2 unspecified atom stereocenters. The van der Waals surface area contributed by atoms with E-state index in [2.05, 4.69) is 6.92 Å². The molecular formula is C12H16ClNOS. The van der Waals surface area contributed by atoms with Gasteiger partial charge in [0.05, 0.1) is 15.4 Å². The summed E-state index contributed by atoms with van der Waals surface area (Å²) in [6.07, 6.45) is 3.77. The van der Waals surface area contributed by atoms with Gasteiger partial charge in [0.1, 0.15) is 0 Å². The topological polar surface area (TPSA) is 43.1 Å². The molecule has 1 aliphatic rings. The molecule has 1 aliphatic carbocycles. The van der Waals surface area contributed by atoms with Crippen molar-refractivity contribution in [1.29, 1.82) is 0 Å². The highest BCUT2D eigenvalue weighted by Crippen LogP contribution is 2.35. The molecule has 0 spiro atoms. The molecule has 2 nitrogen and oxygen atoms in total. The molecule has 1 heterocycles. The Bertz CT molecular complexity index is 403. The maximum atomic E-state index is 12.3. The molecule has 0 aliphatic heterocycles. The number of carbonyl (C=O) groups is 1. The fourth-order valence-corrected chi connectivity index (χ4v) is 3.67. The van der Waals surface area contributed by atoms with Crippen molar-refractivity contribution >= 4 is 28.7 Å². The average molecular weight is 258 g/mol. The van der Waals surface area contributed by atoms with Crippen LogP contribution in [0.3, 0.4) is 0 Å². The first-order chi connectivity index (χ1) is 7.53. The maximum Gasteiger partial charge on any atom is 0.194 e. The van der Waals surface area contributed by atoms with Gasteiger partial charge in [-0.15, -0.1) is 11.3 Å². The Morgan fingerprint density at radius 3 is 3.00 bits per heavy atom. The van der Waals surface area contributed by atoms with Crippen molar-refractivity contribution in [3.63, 3.8) is 0 Å². The SMILES string of the molecule is CC1CCCC(N)(C(=O)c2sccc2Cl)C1. The summed E-state index contributed by atoms with van der Waals surface area (Å²) in [5.74, 6) is 0.556. The Morgan fingerprint density at radius 2 is 2.44 bits per heavy atom. The molecule has 0 aromatic carbocycles. The molecule has 0 saturated heterocycles. The predicted molar refractivity (Wildman–Crippen MR) is 68.2 cm³/mol. The van der Waals surface area contributed by atoms with Crippen molar-refractivity contribution in [1.82, 2.24) is 0 Å². The van der Waals surface area contributed by atoms with E-state index >= 15 is 0 Å². The number of halogens is 1. The number of thiophene rings is 1. The third-order valence-electron chi connectivity index (χ3n) is 3.31. The van der Waals surface area contributed by atoms with Gasteiger partial charge in [-0.2, -0.15) is 0 Å². The van der Waals surface area contributed by atoms with Crippen LogP contribution in [-0.4, -0.2) is 11.3 Å². The number of nitrogens with two attached hydrogens (primary N) is 1. The number of carbonyl (C=O) groups excluding carboxylic acids is 1. The number of hydrogen-bond donors (Lipinski definition) is 1. The molecule has 1 aromatic heterocycles. The molecule has 1 saturated carbocycles. The molecule has 1 fully saturated rings. The second-order valence-corrected chi connectivity index (χ2v) is 6.11. The summed E-state index contributed by atoms with van der Waals surface area (Å²) in [4.78, 5) is 13.0. The Hall–Kier alpha value is -0.380. The predicted octanol–water partition coefficient (Wildman–Crippen LogP) is 3.49. The summed E-state index contributed by atoms with van der Waals surface area (Å²) < 4.78 is 0. The van der Waals surface area contributed by atoms with Gasteiger partial charge in [0, 0.05) is 0 Å². The second-order valence-electron chi connectivity index (χ2n) is 4.78. The quantitative estimate of drug-likeness (QED) is 0.824. The van der Waals surface area contributed by atoms with Gasteiger partial charge in [-0.3, -0.25) is 4.79 Å². The van der Waals surface area contributed by atoms with Crippen LogP contribution in [0, 0.1) is 5.92 Å². The molecule has 0 amide bonds. The largest absolute Gasteiger partial charge is 0.319 e. The van der Waals surface area contributed by atoms with E-state index < -0.39 is 5.54 Å². The molecule has 4 heteroatoms. The minimum Gasteiger partial charge on any atom is -0.319 e. The smallest absolute Gasteiger partial charge is 0.194 e. The summed E-state index contributed by atoms with van der Waals surface area (Å²) >= 11 is 7.38. The van der Waals surface area contributed by atoms with E-state index in [0.29, 0.717) is 15.8 Å². The first-order valence-corrected chi connectivity index (χ1v) is 6.85. The number of rotatable bonds is 2. The molecule has 88 valence electrons. The van der Waals surface area contributed by atoms with Gasteiger partial charge in [-0.1, -0.05) is 31.4 Å². The molecule has 1 aromatic rings. The zero-order chi connectivity index (χ0) is 11.8. The van der Waals surface area contributed by atoms with Gasteiger partial charge < -0.3 is 5.73 Å². The summed E-state index contributed by atoms with van der Waals surface area (Å²) in [5, 5.41) is 2.38. The molecule has 16 heavy (non-hydrogen) atoms. The van der Waals surface area contributed by atoms with Crippen molar-refractivity contribution in [3.8, 4) is 0 Å². The molecular weight excluding hydrogens is 242 g/mol. The number of Topliss-reactive ketones (excluding diaryl/α,β-unsaturated/α-hetero) is 1. The van der Waals surface area contributed by atoms with Gasteiger partial charge in [0.15, 0.2) is 5.78 Å². The van der Waals surface area contributed by atoms with Gasteiger partial charge in [0.2, 0.25) is 0 Å². The first kappa shape index (κ1) is 12.1. The fraction of sp³-hybridized carbons (Fsp3) is 0.583. The highest BCUT2D eigenvalue weighted by molar-refractivity contribution is 7.12. The normalized spacial score (nSPS) is 30.3. The summed E-state index contributed by atoms with van der Waals surface area (Å²) in [5.41, 5.74) is 5.56. The van der Waals surface area contributed by atoms with Crippen LogP contribution in [0.15, 0.2) is 11.4 Å². The molecule has 2 atom stereocenters. The van der Waals surface area contributed by atoms with Crippen LogP contribution in [0.2, 0.25) is 5.02 Å². The minimum absolute atomic E-state index is 0.0269. The van der Waals surface area contributed by atoms with Crippen LogP contribution in [0.25, 0.3) is 0 Å². The summed E-state index contributed by atoms with van der Waals surface area (Å²) in [7, 11) is 0. The lowest BCUT2D eigenvalue weighted by atomic mass is 9.74. The van der Waals surface area contributed by atoms with Crippen molar-refractivity contribution in [2.75, 3.05) is 0 Å². The van der Waals surface area contributed by atoms with E-state index in [4.69, 9.17) is 17.3 Å². The van der Waals surface area contributed by atoms with Crippen LogP contribution in [0.5, 0.6) is 0 Å². The standard InChI is InChI=1S/C12H16ClNOS/c1-8-3-2-5-12(14,7-8)11(15)10-9(13)4-6-16-10/h4,6,8H,2-3,5,7,14H2,1H3. The van der Waals surface area contributed by atoms with E-state index in [9.17, 15) is 4.79 Å². The van der Waals surface area contributed by atoms with E-state index in [1.54, 1.807) is 6.07 Å². The Labute approximate surface area is 105 Å². The third-order valence-corrected chi connectivity index (χ3v) is 4.65. The summed E-state index contributed by atoms with van der Waals surface area (Å²) in [6, 6.07) is 1.76. The lowest BCUT2D eigenvalue weighted by Gasteiger charge is -2.35. The van der Waals surface area contributed by atoms with Crippen molar-refractivity contribution in [2.45, 2.75) is 38.1 Å². The molecule has 0 radical (unpaired) electrons. The van der Waals surface area contributed by atoms with Gasteiger partial charge in [0.25, 0.3) is 0 Å². The Kier molecular flexibility index (Phi) is 3.38. The van der Waals surface area contributed by atoms with E-state index in [1.165, 1.54) is 17.8 Å². The van der Waals surface area contributed by atoms with Gasteiger partial charge >= 0.3 is 0 Å². The Morgan fingerprint density at radius 1 is 1.69 bits per heavy atom. The lowest BCUT2D eigenvalue weighted by Crippen LogP contribution is -2.50. The average Bonchev–Trinajstić information content (AvgIpc) is 2.63. The first-order valence-electron chi connectivity index (χ1n) is 5.59. The van der Waals surface area contributed by atoms with E-state index in [0.717, 1.165) is 19.3 Å². The van der Waals surface area contributed by atoms with Crippen LogP contribution < -0.4 is 5.73 Å². The van der Waals surface area contributed by atoms with Crippen molar-refractivity contribution in [3.05, 3.63) is 21.3 Å². The molecule has 0 bridgehead atoms. The monoisotopic (exact) mass is 257 g/mol. The maximum absolute atomic E-state index is 12.3. The minimum atomic E-state index is -0.688. The van der Waals surface area contributed by atoms with E-state index in [1.807, 2.05) is 5.38 Å². The van der Waals surface area contributed by atoms with Crippen molar-refractivity contribution in [2.24, 2.45) is 11.7 Å². The Balaban J connectivity index is 2.24.